The van der Waals surface area contributed by atoms with E-state index in [0.717, 1.165) is 23.5 Å². The number of aromatic nitrogens is 1. The zero-order valence-electron chi connectivity index (χ0n) is 8.79. The van der Waals surface area contributed by atoms with Crippen LogP contribution in [0.15, 0.2) is 15.9 Å². The zero-order chi connectivity index (χ0) is 11.5. The van der Waals surface area contributed by atoms with Crippen molar-refractivity contribution in [3.63, 3.8) is 0 Å². The molecule has 0 amide bonds. The first-order valence-corrected chi connectivity index (χ1v) is 7.25. The van der Waals surface area contributed by atoms with Crippen molar-refractivity contribution in [2.24, 2.45) is 0 Å². The van der Waals surface area contributed by atoms with E-state index in [0.29, 0.717) is 5.82 Å². The smallest absolute Gasteiger partial charge is 0.142 e. The van der Waals surface area contributed by atoms with Gasteiger partial charge in [-0.1, -0.05) is 0 Å². The molecule has 0 unspecified atom stereocenters. The molecule has 0 spiro atoms. The minimum atomic E-state index is 0.631. The quantitative estimate of drug-likeness (QED) is 0.907. The zero-order valence-corrected chi connectivity index (χ0v) is 12.0. The molecule has 3 N–H and O–H groups in total. The van der Waals surface area contributed by atoms with Gasteiger partial charge in [0.05, 0.1) is 3.79 Å². The van der Waals surface area contributed by atoms with Crippen LogP contribution in [-0.2, 0) is 6.42 Å². The lowest BCUT2D eigenvalue weighted by molar-refractivity contribution is 1.05. The molecule has 3 nitrogen and oxygen atoms in total. The monoisotopic (exact) mass is 317 g/mol. The maximum Gasteiger partial charge on any atom is 0.142 e. The van der Waals surface area contributed by atoms with Gasteiger partial charge in [-0.2, -0.15) is 4.37 Å². The van der Waals surface area contributed by atoms with Crippen LogP contribution in [0.4, 0.5) is 10.8 Å². The first-order valence-electron chi connectivity index (χ1n) is 4.86. The van der Waals surface area contributed by atoms with Gasteiger partial charge in [0.25, 0.3) is 0 Å². The van der Waals surface area contributed by atoms with E-state index in [9.17, 15) is 0 Å². The molecule has 0 radical (unpaired) electrons. The average Bonchev–Trinajstić information content (AvgIpc) is 2.79. The van der Waals surface area contributed by atoms with Gasteiger partial charge in [-0.05, 0) is 52.9 Å². The van der Waals surface area contributed by atoms with Crippen LogP contribution in [0.3, 0.4) is 0 Å². The molecule has 86 valence electrons. The van der Waals surface area contributed by atoms with Gasteiger partial charge in [-0.3, -0.25) is 0 Å². The molecule has 2 rings (SSSR count). The van der Waals surface area contributed by atoms with Crippen molar-refractivity contribution < 1.29 is 0 Å². The number of nitrogens with two attached hydrogens (primary N) is 1. The Morgan fingerprint density at radius 3 is 2.88 bits per heavy atom. The molecular formula is C10H12BrN3S2. The molecule has 0 atom stereocenters. The van der Waals surface area contributed by atoms with Crippen LogP contribution >= 0.6 is 38.8 Å². The Morgan fingerprint density at radius 1 is 1.50 bits per heavy atom. The van der Waals surface area contributed by atoms with Gasteiger partial charge < -0.3 is 11.1 Å². The minimum Gasteiger partial charge on any atom is -0.383 e. The highest BCUT2D eigenvalue weighted by atomic mass is 79.9. The van der Waals surface area contributed by atoms with Crippen molar-refractivity contribution in [2.45, 2.75) is 13.3 Å². The van der Waals surface area contributed by atoms with Gasteiger partial charge in [0.2, 0.25) is 0 Å². The first kappa shape index (κ1) is 11.9. The normalized spacial score (nSPS) is 10.6. The highest BCUT2D eigenvalue weighted by molar-refractivity contribution is 9.11. The standard InChI is InChI=1S/C10H12BrN3S2/c1-6-9(12)14-16-10(6)13-5-4-7-2-3-8(11)15-7/h2-3,13H,4-5H2,1H3,(H2,12,14). The van der Waals surface area contributed by atoms with Crippen molar-refractivity contribution in [1.82, 2.24) is 4.37 Å². The van der Waals surface area contributed by atoms with Crippen LogP contribution in [-0.4, -0.2) is 10.9 Å². The van der Waals surface area contributed by atoms with E-state index in [1.807, 2.05) is 6.92 Å². The molecule has 2 heterocycles. The summed E-state index contributed by atoms with van der Waals surface area (Å²) in [6, 6.07) is 4.22. The van der Waals surface area contributed by atoms with E-state index in [1.54, 1.807) is 11.3 Å². The molecule has 16 heavy (non-hydrogen) atoms. The largest absolute Gasteiger partial charge is 0.383 e. The molecule has 0 bridgehead atoms. The molecule has 0 aliphatic carbocycles. The summed E-state index contributed by atoms with van der Waals surface area (Å²) in [5, 5.41) is 4.44. The third-order valence-corrected chi connectivity index (χ3v) is 4.85. The number of hydrogen-bond acceptors (Lipinski definition) is 5. The Balaban J connectivity index is 1.86. The highest BCUT2D eigenvalue weighted by Gasteiger charge is 2.05. The molecule has 0 aliphatic rings. The predicted molar refractivity (Wildman–Crippen MR) is 75.5 cm³/mol. The third kappa shape index (κ3) is 2.75. The Morgan fingerprint density at radius 2 is 2.31 bits per heavy atom. The topological polar surface area (TPSA) is 50.9 Å². The number of nitrogens with zero attached hydrogens (tertiary/aromatic N) is 1. The summed E-state index contributed by atoms with van der Waals surface area (Å²) >= 11 is 6.65. The number of hydrogen-bond donors (Lipinski definition) is 2. The number of rotatable bonds is 4. The lowest BCUT2D eigenvalue weighted by atomic mass is 10.3. The lowest BCUT2D eigenvalue weighted by Crippen LogP contribution is -2.03. The Bertz CT molecular complexity index is 478. The first-order chi connectivity index (χ1) is 7.66. The van der Waals surface area contributed by atoms with Gasteiger partial charge in [0.1, 0.15) is 10.8 Å². The van der Waals surface area contributed by atoms with E-state index in [2.05, 4.69) is 37.8 Å². The number of thiophene rings is 1. The molecule has 0 aromatic carbocycles. The second-order valence-corrected chi connectivity index (χ2v) is 6.73. The number of nitrogens with one attached hydrogen (secondary N) is 1. The fourth-order valence-corrected chi connectivity index (χ4v) is 3.52. The van der Waals surface area contributed by atoms with Crippen molar-refractivity contribution in [3.8, 4) is 0 Å². The molecule has 0 saturated heterocycles. The fraction of sp³-hybridized carbons (Fsp3) is 0.300. The van der Waals surface area contributed by atoms with E-state index in [1.165, 1.54) is 20.2 Å². The van der Waals surface area contributed by atoms with Crippen LogP contribution in [0.2, 0.25) is 0 Å². The predicted octanol–water partition coefficient (Wildman–Crippen LogP) is 3.51. The van der Waals surface area contributed by atoms with Gasteiger partial charge in [0, 0.05) is 17.0 Å². The van der Waals surface area contributed by atoms with Gasteiger partial charge in [-0.15, -0.1) is 11.3 Å². The van der Waals surface area contributed by atoms with Crippen LogP contribution in [0, 0.1) is 6.92 Å². The van der Waals surface area contributed by atoms with E-state index < -0.39 is 0 Å². The van der Waals surface area contributed by atoms with Gasteiger partial charge in [-0.25, -0.2) is 0 Å². The van der Waals surface area contributed by atoms with E-state index >= 15 is 0 Å². The summed E-state index contributed by atoms with van der Waals surface area (Å²) in [6.45, 7) is 2.90. The Hall–Kier alpha value is -0.590. The number of nitrogen functional groups attached to an aromatic ring is 1. The summed E-state index contributed by atoms with van der Waals surface area (Å²) in [4.78, 5) is 1.37. The molecule has 0 aliphatic heterocycles. The number of halogens is 1. The third-order valence-electron chi connectivity index (χ3n) is 2.25. The second-order valence-electron chi connectivity index (χ2n) is 3.40. The Labute approximate surface area is 111 Å². The maximum atomic E-state index is 5.68. The molecule has 6 heteroatoms. The van der Waals surface area contributed by atoms with Crippen molar-refractivity contribution in [2.75, 3.05) is 17.6 Å². The van der Waals surface area contributed by atoms with E-state index in [-0.39, 0.29) is 0 Å². The molecule has 0 saturated carbocycles. The summed E-state index contributed by atoms with van der Waals surface area (Å²) < 4.78 is 5.28. The van der Waals surface area contributed by atoms with Crippen molar-refractivity contribution in [1.29, 1.82) is 0 Å². The number of anilines is 2. The minimum absolute atomic E-state index is 0.631. The van der Waals surface area contributed by atoms with Crippen molar-refractivity contribution >= 4 is 49.6 Å². The van der Waals surface area contributed by atoms with Crippen LogP contribution in [0.25, 0.3) is 0 Å². The maximum absolute atomic E-state index is 5.68. The van der Waals surface area contributed by atoms with Crippen LogP contribution < -0.4 is 11.1 Å². The summed E-state index contributed by atoms with van der Waals surface area (Å²) in [5.41, 5.74) is 6.74. The van der Waals surface area contributed by atoms with E-state index in [4.69, 9.17) is 5.73 Å². The molecule has 2 aromatic rings. The average molecular weight is 318 g/mol. The lowest BCUT2D eigenvalue weighted by Gasteiger charge is -2.02. The fourth-order valence-electron chi connectivity index (χ4n) is 1.30. The Kier molecular flexibility index (Phi) is 3.83. The van der Waals surface area contributed by atoms with Crippen molar-refractivity contribution in [3.05, 3.63) is 26.4 Å². The SMILES string of the molecule is Cc1c(N)nsc1NCCc1ccc(Br)s1. The summed E-state index contributed by atoms with van der Waals surface area (Å²) in [7, 11) is 0. The molecule has 2 aromatic heterocycles. The summed E-state index contributed by atoms with van der Waals surface area (Å²) in [6.07, 6.45) is 1.02. The van der Waals surface area contributed by atoms with Crippen LogP contribution in [0.1, 0.15) is 10.4 Å². The van der Waals surface area contributed by atoms with Gasteiger partial charge in [0.15, 0.2) is 0 Å². The molecule has 0 fully saturated rings. The second kappa shape index (κ2) is 5.16. The van der Waals surface area contributed by atoms with Gasteiger partial charge >= 0.3 is 0 Å². The van der Waals surface area contributed by atoms with Crippen LogP contribution in [0.5, 0.6) is 0 Å². The highest BCUT2D eigenvalue weighted by Crippen LogP contribution is 2.26. The summed E-state index contributed by atoms with van der Waals surface area (Å²) in [5.74, 6) is 0.631. The molecular weight excluding hydrogens is 306 g/mol.